The average Bonchev–Trinajstić information content (AvgIpc) is 2.44. The van der Waals surface area contributed by atoms with Crippen molar-refractivity contribution >= 4 is 35.0 Å². The molecule has 0 saturated carbocycles. The van der Waals surface area contributed by atoms with Crippen molar-refractivity contribution in [3.05, 3.63) is 41.2 Å². The summed E-state index contributed by atoms with van der Waals surface area (Å²) in [5.41, 5.74) is 1.98. The molecule has 0 aliphatic rings. The van der Waals surface area contributed by atoms with E-state index in [-0.39, 0.29) is 6.03 Å². The second-order valence-electron chi connectivity index (χ2n) is 4.66. The minimum Gasteiger partial charge on any atom is -0.347 e. The Bertz CT molecular complexity index is 642. The number of rotatable bonds is 3. The van der Waals surface area contributed by atoms with E-state index in [2.05, 4.69) is 20.6 Å². The molecule has 2 rings (SSSR count). The molecule has 2 aromatic rings. The van der Waals surface area contributed by atoms with E-state index in [9.17, 15) is 4.79 Å². The predicted molar refractivity (Wildman–Crippen MR) is 85.2 cm³/mol. The van der Waals surface area contributed by atoms with Gasteiger partial charge in [0, 0.05) is 24.8 Å². The van der Waals surface area contributed by atoms with E-state index in [1.165, 1.54) is 0 Å². The first-order chi connectivity index (χ1) is 9.97. The Kier molecular flexibility index (Phi) is 4.59. The van der Waals surface area contributed by atoms with Gasteiger partial charge in [-0.3, -0.25) is 0 Å². The summed E-state index contributed by atoms with van der Waals surface area (Å²) in [5.74, 6) is 0.576. The molecule has 1 aromatic carbocycles. The molecular formula is C14H16ClN5O. The molecule has 0 saturated heterocycles. The second-order valence-corrected chi connectivity index (χ2v) is 5.06. The molecule has 2 amide bonds. The van der Waals surface area contributed by atoms with E-state index in [1.807, 2.05) is 21.0 Å². The van der Waals surface area contributed by atoms with E-state index in [4.69, 9.17) is 11.6 Å². The van der Waals surface area contributed by atoms with Gasteiger partial charge in [-0.2, -0.15) is 0 Å². The van der Waals surface area contributed by atoms with Crippen LogP contribution in [-0.2, 0) is 0 Å². The average molecular weight is 306 g/mol. The summed E-state index contributed by atoms with van der Waals surface area (Å²) in [4.78, 5) is 22.0. The lowest BCUT2D eigenvalue weighted by Crippen LogP contribution is -2.20. The zero-order valence-corrected chi connectivity index (χ0v) is 12.8. The zero-order chi connectivity index (χ0) is 15.4. The van der Waals surface area contributed by atoms with Crippen LogP contribution < -0.4 is 15.5 Å². The van der Waals surface area contributed by atoms with Crippen LogP contribution in [0.5, 0.6) is 0 Å². The maximum Gasteiger partial charge on any atom is 0.323 e. The standard InChI is InChI=1S/C14H16ClN5O/c1-9-11(15)5-4-6-12(9)19-14(21)18-10-7-16-13(17-8-10)20(2)3/h4-8H,1-3H3,(H2,18,19,21). The number of carbonyl (C=O) groups is 1. The maximum absolute atomic E-state index is 11.9. The minimum atomic E-state index is -0.374. The summed E-state index contributed by atoms with van der Waals surface area (Å²) in [6, 6.07) is 4.96. The van der Waals surface area contributed by atoms with Crippen LogP contribution in [-0.4, -0.2) is 30.1 Å². The first kappa shape index (κ1) is 15.1. The predicted octanol–water partition coefficient (Wildman–Crippen LogP) is 3.15. The zero-order valence-electron chi connectivity index (χ0n) is 12.0. The highest BCUT2D eigenvalue weighted by atomic mass is 35.5. The van der Waals surface area contributed by atoms with Crippen LogP contribution in [0.2, 0.25) is 5.02 Å². The normalized spacial score (nSPS) is 10.1. The van der Waals surface area contributed by atoms with E-state index in [1.54, 1.807) is 35.5 Å². The van der Waals surface area contributed by atoms with Gasteiger partial charge in [-0.05, 0) is 24.6 Å². The summed E-state index contributed by atoms with van der Waals surface area (Å²) in [6.45, 7) is 1.84. The molecule has 7 heteroatoms. The largest absolute Gasteiger partial charge is 0.347 e. The van der Waals surface area contributed by atoms with Gasteiger partial charge >= 0.3 is 6.03 Å². The van der Waals surface area contributed by atoms with Gasteiger partial charge in [0.2, 0.25) is 5.95 Å². The maximum atomic E-state index is 11.9. The van der Waals surface area contributed by atoms with Gasteiger partial charge in [-0.1, -0.05) is 17.7 Å². The lowest BCUT2D eigenvalue weighted by molar-refractivity contribution is 0.262. The highest BCUT2D eigenvalue weighted by Crippen LogP contribution is 2.23. The fourth-order valence-electron chi connectivity index (χ4n) is 1.64. The number of anilines is 3. The number of benzene rings is 1. The lowest BCUT2D eigenvalue weighted by atomic mass is 10.2. The Morgan fingerprint density at radius 1 is 1.19 bits per heavy atom. The van der Waals surface area contributed by atoms with Crippen molar-refractivity contribution in [1.82, 2.24) is 9.97 Å². The second kappa shape index (κ2) is 6.41. The number of nitrogens with zero attached hydrogens (tertiary/aromatic N) is 3. The number of urea groups is 1. The van der Waals surface area contributed by atoms with Crippen molar-refractivity contribution in [1.29, 1.82) is 0 Å². The Morgan fingerprint density at radius 2 is 1.86 bits per heavy atom. The smallest absolute Gasteiger partial charge is 0.323 e. The van der Waals surface area contributed by atoms with E-state index < -0.39 is 0 Å². The van der Waals surface area contributed by atoms with Gasteiger partial charge in [0.05, 0.1) is 18.1 Å². The topological polar surface area (TPSA) is 70.2 Å². The van der Waals surface area contributed by atoms with Crippen molar-refractivity contribution in [3.8, 4) is 0 Å². The molecule has 1 heterocycles. The Morgan fingerprint density at radius 3 is 2.48 bits per heavy atom. The summed E-state index contributed by atoms with van der Waals surface area (Å²) < 4.78 is 0. The molecular weight excluding hydrogens is 290 g/mol. The first-order valence-corrected chi connectivity index (χ1v) is 6.67. The first-order valence-electron chi connectivity index (χ1n) is 6.30. The molecule has 0 bridgehead atoms. The number of nitrogens with one attached hydrogen (secondary N) is 2. The van der Waals surface area contributed by atoms with Gasteiger partial charge < -0.3 is 15.5 Å². The number of carbonyl (C=O) groups excluding carboxylic acids is 1. The molecule has 0 spiro atoms. The Labute approximate surface area is 128 Å². The summed E-state index contributed by atoms with van der Waals surface area (Å²) in [6.07, 6.45) is 3.10. The minimum absolute atomic E-state index is 0.374. The van der Waals surface area contributed by atoms with Crippen LogP contribution in [0.1, 0.15) is 5.56 Å². The third kappa shape index (κ3) is 3.82. The molecule has 2 N–H and O–H groups in total. The Hall–Kier alpha value is -2.34. The van der Waals surface area contributed by atoms with Gasteiger partial charge in [-0.25, -0.2) is 14.8 Å². The Balaban J connectivity index is 2.03. The molecule has 0 fully saturated rings. The third-order valence-corrected chi connectivity index (χ3v) is 3.22. The van der Waals surface area contributed by atoms with Crippen LogP contribution in [0.3, 0.4) is 0 Å². The van der Waals surface area contributed by atoms with Crippen LogP contribution >= 0.6 is 11.6 Å². The highest BCUT2D eigenvalue weighted by molar-refractivity contribution is 6.31. The molecule has 21 heavy (non-hydrogen) atoms. The molecule has 6 nitrogen and oxygen atoms in total. The molecule has 0 radical (unpaired) electrons. The molecule has 1 aromatic heterocycles. The summed E-state index contributed by atoms with van der Waals surface area (Å²) >= 11 is 6.01. The molecule has 0 aliphatic carbocycles. The monoisotopic (exact) mass is 305 g/mol. The summed E-state index contributed by atoms with van der Waals surface area (Å²) in [7, 11) is 3.69. The van der Waals surface area contributed by atoms with Crippen LogP contribution in [0.15, 0.2) is 30.6 Å². The van der Waals surface area contributed by atoms with E-state index >= 15 is 0 Å². The molecule has 0 aliphatic heterocycles. The van der Waals surface area contributed by atoms with E-state index in [0.717, 1.165) is 5.56 Å². The SMILES string of the molecule is Cc1c(Cl)cccc1NC(=O)Nc1cnc(N(C)C)nc1. The van der Waals surface area contributed by atoms with Gasteiger partial charge in [-0.15, -0.1) is 0 Å². The van der Waals surface area contributed by atoms with Crippen molar-refractivity contribution in [2.45, 2.75) is 6.92 Å². The lowest BCUT2D eigenvalue weighted by Gasteiger charge is -2.12. The van der Waals surface area contributed by atoms with Crippen molar-refractivity contribution in [2.75, 3.05) is 29.6 Å². The van der Waals surface area contributed by atoms with Crippen LogP contribution in [0, 0.1) is 6.92 Å². The van der Waals surface area contributed by atoms with Crippen molar-refractivity contribution < 1.29 is 4.79 Å². The fraction of sp³-hybridized carbons (Fsp3) is 0.214. The molecule has 110 valence electrons. The number of amides is 2. The molecule has 0 unspecified atom stereocenters. The van der Waals surface area contributed by atoms with Crippen LogP contribution in [0.4, 0.5) is 22.1 Å². The van der Waals surface area contributed by atoms with Gasteiger partial charge in [0.15, 0.2) is 0 Å². The molecule has 0 atom stereocenters. The van der Waals surface area contributed by atoms with Gasteiger partial charge in [0.25, 0.3) is 0 Å². The quantitative estimate of drug-likeness (QED) is 0.914. The van der Waals surface area contributed by atoms with Crippen LogP contribution in [0.25, 0.3) is 0 Å². The van der Waals surface area contributed by atoms with Crippen molar-refractivity contribution in [2.24, 2.45) is 0 Å². The van der Waals surface area contributed by atoms with Crippen molar-refractivity contribution in [3.63, 3.8) is 0 Å². The summed E-state index contributed by atoms with van der Waals surface area (Å²) in [5, 5.41) is 6.01. The van der Waals surface area contributed by atoms with Gasteiger partial charge in [0.1, 0.15) is 0 Å². The number of hydrogen-bond acceptors (Lipinski definition) is 4. The highest BCUT2D eigenvalue weighted by Gasteiger charge is 2.07. The fourth-order valence-corrected chi connectivity index (χ4v) is 1.82. The third-order valence-electron chi connectivity index (χ3n) is 2.81. The number of halogens is 1. The number of hydrogen-bond donors (Lipinski definition) is 2. The number of aromatic nitrogens is 2. The van der Waals surface area contributed by atoms with E-state index in [0.29, 0.717) is 22.3 Å².